The maximum Gasteiger partial charge on any atom is 0.286 e. The van der Waals surface area contributed by atoms with Crippen LogP contribution in [0.15, 0.2) is 58.5 Å². The number of nitrogens with zero attached hydrogens (tertiary/aromatic N) is 3. The van der Waals surface area contributed by atoms with E-state index in [1.807, 2.05) is 73.6 Å². The summed E-state index contributed by atoms with van der Waals surface area (Å²) in [5, 5.41) is 5.50. The SMILES string of the molecule is COc1ccc(C=NN2C(=O)C(=Cc3ccc(N(C)C)cc3)SC2=S)cc1. The summed E-state index contributed by atoms with van der Waals surface area (Å²) in [6.45, 7) is 0. The largest absolute Gasteiger partial charge is 0.497 e. The van der Waals surface area contributed by atoms with E-state index in [4.69, 9.17) is 17.0 Å². The van der Waals surface area contributed by atoms with Crippen LogP contribution in [-0.2, 0) is 4.79 Å². The van der Waals surface area contributed by atoms with Crippen molar-refractivity contribution in [3.05, 3.63) is 64.6 Å². The van der Waals surface area contributed by atoms with Gasteiger partial charge in [0.1, 0.15) is 5.75 Å². The van der Waals surface area contributed by atoms with E-state index in [1.54, 1.807) is 13.3 Å². The van der Waals surface area contributed by atoms with Crippen molar-refractivity contribution >= 4 is 52.2 Å². The summed E-state index contributed by atoms with van der Waals surface area (Å²) in [6, 6.07) is 15.4. The Morgan fingerprint density at radius 2 is 1.70 bits per heavy atom. The van der Waals surface area contributed by atoms with Gasteiger partial charge in [0.05, 0.1) is 18.2 Å². The zero-order chi connectivity index (χ0) is 19.4. The summed E-state index contributed by atoms with van der Waals surface area (Å²) in [6.07, 6.45) is 3.45. The third-order valence-electron chi connectivity index (χ3n) is 3.92. The number of rotatable bonds is 5. The van der Waals surface area contributed by atoms with Crippen molar-refractivity contribution in [2.45, 2.75) is 0 Å². The quantitative estimate of drug-likeness (QED) is 0.434. The minimum atomic E-state index is -0.216. The molecule has 0 atom stereocenters. The zero-order valence-electron chi connectivity index (χ0n) is 15.2. The molecule has 138 valence electrons. The molecule has 1 aliphatic heterocycles. The van der Waals surface area contributed by atoms with Gasteiger partial charge in [0.2, 0.25) is 0 Å². The van der Waals surface area contributed by atoms with Crippen LogP contribution in [0.1, 0.15) is 11.1 Å². The predicted molar refractivity (Wildman–Crippen MR) is 116 cm³/mol. The van der Waals surface area contributed by atoms with Gasteiger partial charge >= 0.3 is 0 Å². The molecule has 2 aromatic rings. The second-order valence-electron chi connectivity index (χ2n) is 6.00. The third kappa shape index (κ3) is 4.56. The van der Waals surface area contributed by atoms with Crippen molar-refractivity contribution < 1.29 is 9.53 Å². The van der Waals surface area contributed by atoms with Crippen LogP contribution in [0.4, 0.5) is 5.69 Å². The van der Waals surface area contributed by atoms with Crippen LogP contribution < -0.4 is 9.64 Å². The van der Waals surface area contributed by atoms with Crippen molar-refractivity contribution in [1.82, 2.24) is 5.01 Å². The van der Waals surface area contributed by atoms with Crippen LogP contribution in [0.5, 0.6) is 5.75 Å². The Balaban J connectivity index is 1.74. The molecule has 0 spiro atoms. The topological polar surface area (TPSA) is 45.1 Å². The Morgan fingerprint density at radius 3 is 2.30 bits per heavy atom. The van der Waals surface area contributed by atoms with Gasteiger partial charge in [-0.3, -0.25) is 4.79 Å². The summed E-state index contributed by atoms with van der Waals surface area (Å²) in [5.41, 5.74) is 2.90. The highest BCUT2D eigenvalue weighted by molar-refractivity contribution is 8.26. The number of hydrazone groups is 1. The van der Waals surface area contributed by atoms with Crippen LogP contribution in [0.3, 0.4) is 0 Å². The monoisotopic (exact) mass is 397 g/mol. The lowest BCUT2D eigenvalue weighted by Crippen LogP contribution is -2.22. The highest BCUT2D eigenvalue weighted by Gasteiger charge is 2.32. The Kier molecular flexibility index (Phi) is 5.93. The predicted octanol–water partition coefficient (Wildman–Crippen LogP) is 4.00. The average molecular weight is 398 g/mol. The van der Waals surface area contributed by atoms with Crippen LogP contribution in [0.25, 0.3) is 6.08 Å². The van der Waals surface area contributed by atoms with E-state index >= 15 is 0 Å². The fraction of sp³-hybridized carbons (Fsp3) is 0.150. The molecule has 1 amide bonds. The van der Waals surface area contributed by atoms with Crippen molar-refractivity contribution in [2.24, 2.45) is 5.10 Å². The molecule has 0 aliphatic carbocycles. The Morgan fingerprint density at radius 1 is 1.07 bits per heavy atom. The van der Waals surface area contributed by atoms with E-state index in [2.05, 4.69) is 5.10 Å². The first-order valence-electron chi connectivity index (χ1n) is 8.21. The molecule has 0 saturated carbocycles. The smallest absolute Gasteiger partial charge is 0.286 e. The van der Waals surface area contributed by atoms with Gasteiger partial charge in [-0.05, 0) is 65.8 Å². The molecule has 0 aromatic heterocycles. The number of thiocarbonyl (C=S) groups is 1. The number of carbonyl (C=O) groups excluding carboxylic acids is 1. The fourth-order valence-corrected chi connectivity index (χ4v) is 3.57. The average Bonchev–Trinajstić information content (AvgIpc) is 2.94. The number of carbonyl (C=O) groups is 1. The van der Waals surface area contributed by atoms with Crippen molar-refractivity contribution in [1.29, 1.82) is 0 Å². The number of thioether (sulfide) groups is 1. The summed E-state index contributed by atoms with van der Waals surface area (Å²) >= 11 is 6.56. The molecule has 1 fully saturated rings. The van der Waals surface area contributed by atoms with Gasteiger partial charge in [0.25, 0.3) is 5.91 Å². The molecule has 1 saturated heterocycles. The van der Waals surface area contributed by atoms with Crippen LogP contribution in [0.2, 0.25) is 0 Å². The molecule has 0 N–H and O–H groups in total. The second-order valence-corrected chi connectivity index (χ2v) is 7.67. The lowest BCUT2D eigenvalue weighted by molar-refractivity contribution is -0.122. The van der Waals surface area contributed by atoms with Gasteiger partial charge in [-0.1, -0.05) is 23.9 Å². The summed E-state index contributed by atoms with van der Waals surface area (Å²) in [7, 11) is 5.59. The highest BCUT2D eigenvalue weighted by atomic mass is 32.2. The summed E-state index contributed by atoms with van der Waals surface area (Å²) < 4.78 is 5.55. The van der Waals surface area contributed by atoms with E-state index in [-0.39, 0.29) is 5.91 Å². The van der Waals surface area contributed by atoms with E-state index < -0.39 is 0 Å². The fourth-order valence-electron chi connectivity index (χ4n) is 2.39. The molecule has 7 heteroatoms. The Bertz CT molecular complexity index is 904. The number of benzene rings is 2. The Labute approximate surface area is 168 Å². The second kappa shape index (κ2) is 8.37. The van der Waals surface area contributed by atoms with Gasteiger partial charge in [-0.25, -0.2) is 0 Å². The van der Waals surface area contributed by atoms with Gasteiger partial charge in [-0.2, -0.15) is 10.1 Å². The van der Waals surface area contributed by atoms with Crippen LogP contribution in [-0.4, -0.2) is 42.7 Å². The Hall–Kier alpha value is -2.64. The lowest BCUT2D eigenvalue weighted by atomic mass is 10.2. The minimum Gasteiger partial charge on any atom is -0.497 e. The molecule has 0 unspecified atom stereocenters. The molecule has 0 radical (unpaired) electrons. The first-order chi connectivity index (χ1) is 13.0. The number of anilines is 1. The molecule has 3 rings (SSSR count). The third-order valence-corrected chi connectivity index (χ3v) is 5.20. The first-order valence-corrected chi connectivity index (χ1v) is 9.44. The van der Waals surface area contributed by atoms with Crippen molar-refractivity contribution in [3.63, 3.8) is 0 Å². The number of methoxy groups -OCH3 is 1. The minimum absolute atomic E-state index is 0.216. The molecule has 5 nitrogen and oxygen atoms in total. The molecule has 2 aromatic carbocycles. The summed E-state index contributed by atoms with van der Waals surface area (Å²) in [4.78, 5) is 15.2. The number of hydrogen-bond acceptors (Lipinski definition) is 6. The van der Waals surface area contributed by atoms with Crippen molar-refractivity contribution in [3.8, 4) is 5.75 Å². The van der Waals surface area contributed by atoms with Crippen LogP contribution in [0, 0.1) is 0 Å². The van der Waals surface area contributed by atoms with Crippen LogP contribution >= 0.6 is 24.0 Å². The standard InChI is InChI=1S/C20H19N3O2S2/c1-22(2)16-8-4-14(5-9-16)12-18-19(24)23(20(26)27-18)21-13-15-6-10-17(25-3)11-7-15/h4-13H,1-3H3. The first kappa shape index (κ1) is 19.1. The maximum absolute atomic E-state index is 12.6. The molecule has 0 bridgehead atoms. The number of amides is 1. The zero-order valence-corrected chi connectivity index (χ0v) is 16.9. The lowest BCUT2D eigenvalue weighted by Gasteiger charge is -2.11. The normalized spacial score (nSPS) is 15.8. The maximum atomic E-state index is 12.6. The van der Waals surface area contributed by atoms with Gasteiger partial charge < -0.3 is 9.64 Å². The van der Waals surface area contributed by atoms with E-state index in [9.17, 15) is 4.79 Å². The molecule has 1 aliphatic rings. The van der Waals surface area contributed by atoms with Gasteiger partial charge in [0, 0.05) is 19.8 Å². The van der Waals surface area contributed by atoms with E-state index in [0.717, 1.165) is 22.6 Å². The van der Waals surface area contributed by atoms with Gasteiger partial charge in [-0.15, -0.1) is 0 Å². The van der Waals surface area contributed by atoms with Gasteiger partial charge in [0.15, 0.2) is 4.32 Å². The molecule has 27 heavy (non-hydrogen) atoms. The van der Waals surface area contributed by atoms with Crippen molar-refractivity contribution in [2.75, 3.05) is 26.1 Å². The molecule has 1 heterocycles. The number of ether oxygens (including phenoxy) is 1. The molecular formula is C20H19N3O2S2. The highest BCUT2D eigenvalue weighted by Crippen LogP contribution is 2.33. The summed E-state index contributed by atoms with van der Waals surface area (Å²) in [5.74, 6) is 0.549. The molecular weight excluding hydrogens is 378 g/mol. The van der Waals surface area contributed by atoms with E-state index in [0.29, 0.717) is 9.23 Å². The number of hydrogen-bond donors (Lipinski definition) is 0. The van der Waals surface area contributed by atoms with E-state index in [1.165, 1.54) is 16.8 Å².